The van der Waals surface area contributed by atoms with Crippen LogP contribution < -0.4 is 5.32 Å². The Kier molecular flexibility index (Phi) is 3.29. The molecule has 0 saturated heterocycles. The van der Waals surface area contributed by atoms with Crippen LogP contribution in [0.2, 0.25) is 0 Å². The molecular weight excluding hydrogens is 248 g/mol. The van der Waals surface area contributed by atoms with Gasteiger partial charge >= 0.3 is 0 Å². The average molecular weight is 264 g/mol. The maximum absolute atomic E-state index is 4.49. The van der Waals surface area contributed by atoms with Gasteiger partial charge in [0.1, 0.15) is 5.52 Å². The van der Waals surface area contributed by atoms with Crippen molar-refractivity contribution in [1.82, 2.24) is 15.2 Å². The van der Waals surface area contributed by atoms with Crippen LogP contribution in [0.5, 0.6) is 0 Å². The molecule has 0 amide bonds. The second-order valence-corrected chi connectivity index (χ2v) is 4.85. The number of rotatable bonds is 3. The third-order valence-corrected chi connectivity index (χ3v) is 3.36. The quantitative estimate of drug-likeness (QED) is 0.786. The zero-order valence-corrected chi connectivity index (χ0v) is 11.5. The maximum atomic E-state index is 4.49. The van der Waals surface area contributed by atoms with E-state index in [0.717, 1.165) is 11.0 Å². The summed E-state index contributed by atoms with van der Waals surface area (Å²) in [5.74, 6) is 0.555. The predicted molar refractivity (Wildman–Crippen MR) is 80.5 cm³/mol. The summed E-state index contributed by atoms with van der Waals surface area (Å²) in [6, 6.07) is 16.2. The number of hydrogen-bond acceptors (Lipinski definition) is 4. The van der Waals surface area contributed by atoms with Crippen LogP contribution in [0.1, 0.15) is 24.1 Å². The van der Waals surface area contributed by atoms with Gasteiger partial charge < -0.3 is 5.32 Å². The van der Waals surface area contributed by atoms with Crippen LogP contribution in [0.3, 0.4) is 0 Å². The summed E-state index contributed by atoms with van der Waals surface area (Å²) in [6.07, 6.45) is 0. The Morgan fingerprint density at radius 3 is 2.40 bits per heavy atom. The molecule has 1 unspecified atom stereocenters. The highest BCUT2D eigenvalue weighted by Crippen LogP contribution is 2.20. The largest absolute Gasteiger partial charge is 0.346 e. The van der Waals surface area contributed by atoms with Crippen molar-refractivity contribution >= 4 is 17.0 Å². The first-order valence-corrected chi connectivity index (χ1v) is 6.65. The molecule has 0 radical (unpaired) electrons. The first-order valence-electron chi connectivity index (χ1n) is 6.65. The van der Waals surface area contributed by atoms with Crippen LogP contribution >= 0.6 is 0 Å². The Balaban J connectivity index is 1.87. The molecule has 0 bridgehead atoms. The lowest BCUT2D eigenvalue weighted by Crippen LogP contribution is -2.11. The van der Waals surface area contributed by atoms with Crippen molar-refractivity contribution in [2.75, 3.05) is 5.32 Å². The number of benzene rings is 2. The molecule has 4 nitrogen and oxygen atoms in total. The van der Waals surface area contributed by atoms with Gasteiger partial charge in [0, 0.05) is 0 Å². The predicted octanol–water partition coefficient (Wildman–Crippen LogP) is 3.51. The third-order valence-electron chi connectivity index (χ3n) is 3.36. The van der Waals surface area contributed by atoms with Crippen molar-refractivity contribution in [2.24, 2.45) is 0 Å². The van der Waals surface area contributed by atoms with Gasteiger partial charge in [-0.3, -0.25) is 0 Å². The van der Waals surface area contributed by atoms with Crippen molar-refractivity contribution in [3.8, 4) is 0 Å². The van der Waals surface area contributed by atoms with Gasteiger partial charge in [0.05, 0.1) is 11.6 Å². The molecule has 4 heteroatoms. The van der Waals surface area contributed by atoms with E-state index in [4.69, 9.17) is 0 Å². The monoisotopic (exact) mass is 264 g/mol. The summed E-state index contributed by atoms with van der Waals surface area (Å²) in [4.78, 5) is 4.49. The van der Waals surface area contributed by atoms with E-state index < -0.39 is 0 Å². The molecule has 0 aliphatic heterocycles. The van der Waals surface area contributed by atoms with E-state index in [1.807, 2.05) is 36.4 Å². The number of anilines is 1. The summed E-state index contributed by atoms with van der Waals surface area (Å²) < 4.78 is 0. The summed E-state index contributed by atoms with van der Waals surface area (Å²) in [5, 5.41) is 11.6. The van der Waals surface area contributed by atoms with Crippen LogP contribution in [0.15, 0.2) is 48.5 Å². The van der Waals surface area contributed by atoms with Gasteiger partial charge in [0.25, 0.3) is 0 Å². The van der Waals surface area contributed by atoms with E-state index in [-0.39, 0.29) is 6.04 Å². The van der Waals surface area contributed by atoms with E-state index >= 15 is 0 Å². The van der Waals surface area contributed by atoms with E-state index in [2.05, 4.69) is 46.5 Å². The zero-order valence-electron chi connectivity index (χ0n) is 11.5. The number of hydrogen-bond donors (Lipinski definition) is 1. The first kappa shape index (κ1) is 12.5. The molecule has 0 aliphatic rings. The number of fused-ring (bicyclic) bond motifs is 1. The molecule has 2 aromatic carbocycles. The number of aryl methyl sites for hydroxylation is 1. The van der Waals surface area contributed by atoms with E-state index in [9.17, 15) is 0 Å². The van der Waals surface area contributed by atoms with Crippen LogP contribution in [0.25, 0.3) is 11.0 Å². The number of aromatic nitrogens is 3. The Morgan fingerprint density at radius 2 is 1.60 bits per heavy atom. The summed E-state index contributed by atoms with van der Waals surface area (Å²) in [6.45, 7) is 4.20. The molecule has 1 atom stereocenters. The minimum Gasteiger partial charge on any atom is -0.346 e. The Labute approximate surface area is 117 Å². The highest BCUT2D eigenvalue weighted by Gasteiger charge is 2.09. The van der Waals surface area contributed by atoms with Gasteiger partial charge in [-0.25, -0.2) is 4.98 Å². The molecular formula is C16H16N4. The molecule has 1 heterocycles. The molecule has 0 fully saturated rings. The second kappa shape index (κ2) is 5.25. The lowest BCUT2D eigenvalue weighted by molar-refractivity contribution is 0.841. The molecule has 3 aromatic rings. The van der Waals surface area contributed by atoms with Crippen molar-refractivity contribution < 1.29 is 0 Å². The van der Waals surface area contributed by atoms with Gasteiger partial charge in [-0.2, -0.15) is 0 Å². The van der Waals surface area contributed by atoms with Gasteiger partial charge in [0.2, 0.25) is 5.95 Å². The molecule has 100 valence electrons. The summed E-state index contributed by atoms with van der Waals surface area (Å²) >= 11 is 0. The topological polar surface area (TPSA) is 50.7 Å². The summed E-state index contributed by atoms with van der Waals surface area (Å²) in [7, 11) is 0. The van der Waals surface area contributed by atoms with E-state index in [1.54, 1.807) is 0 Å². The maximum Gasteiger partial charge on any atom is 0.243 e. The van der Waals surface area contributed by atoms with Crippen LogP contribution in [-0.2, 0) is 0 Å². The van der Waals surface area contributed by atoms with Crippen LogP contribution in [-0.4, -0.2) is 15.2 Å². The SMILES string of the molecule is Cc1ccccc1C(C)Nc1nnc2ccccc2n1. The lowest BCUT2D eigenvalue weighted by Gasteiger charge is -2.16. The van der Waals surface area contributed by atoms with Crippen LogP contribution in [0.4, 0.5) is 5.95 Å². The molecule has 3 rings (SSSR count). The third kappa shape index (κ3) is 2.45. The molecule has 0 spiro atoms. The minimum atomic E-state index is 0.138. The van der Waals surface area contributed by atoms with Gasteiger partial charge in [-0.15, -0.1) is 10.2 Å². The highest BCUT2D eigenvalue weighted by atomic mass is 15.2. The number of nitrogens with one attached hydrogen (secondary N) is 1. The minimum absolute atomic E-state index is 0.138. The van der Waals surface area contributed by atoms with E-state index in [1.165, 1.54) is 11.1 Å². The van der Waals surface area contributed by atoms with Gasteiger partial charge in [0.15, 0.2) is 0 Å². The Bertz CT molecular complexity index is 739. The van der Waals surface area contributed by atoms with Crippen molar-refractivity contribution in [2.45, 2.75) is 19.9 Å². The first-order chi connectivity index (χ1) is 9.74. The van der Waals surface area contributed by atoms with E-state index in [0.29, 0.717) is 5.95 Å². The Hall–Kier alpha value is -2.49. The van der Waals surface area contributed by atoms with Gasteiger partial charge in [-0.1, -0.05) is 36.4 Å². The molecule has 0 saturated carbocycles. The zero-order chi connectivity index (χ0) is 13.9. The molecule has 1 aromatic heterocycles. The molecule has 0 aliphatic carbocycles. The highest BCUT2D eigenvalue weighted by molar-refractivity contribution is 5.74. The molecule has 20 heavy (non-hydrogen) atoms. The van der Waals surface area contributed by atoms with Crippen molar-refractivity contribution in [3.05, 3.63) is 59.7 Å². The average Bonchev–Trinajstić information content (AvgIpc) is 2.47. The fraction of sp³-hybridized carbons (Fsp3) is 0.188. The van der Waals surface area contributed by atoms with Crippen molar-refractivity contribution in [1.29, 1.82) is 0 Å². The number of para-hydroxylation sites is 1. The fourth-order valence-electron chi connectivity index (χ4n) is 2.29. The standard InChI is InChI=1S/C16H16N4/c1-11-7-3-4-8-13(11)12(2)17-16-18-14-9-5-6-10-15(14)19-20-16/h3-10,12H,1-2H3,(H,17,18,20). The van der Waals surface area contributed by atoms with Crippen molar-refractivity contribution in [3.63, 3.8) is 0 Å². The lowest BCUT2D eigenvalue weighted by atomic mass is 10.0. The second-order valence-electron chi connectivity index (χ2n) is 4.85. The number of nitrogens with zero attached hydrogens (tertiary/aromatic N) is 3. The smallest absolute Gasteiger partial charge is 0.243 e. The Morgan fingerprint density at radius 1 is 0.900 bits per heavy atom. The van der Waals surface area contributed by atoms with Gasteiger partial charge in [-0.05, 0) is 37.1 Å². The van der Waals surface area contributed by atoms with Crippen LogP contribution in [0, 0.1) is 6.92 Å². The normalized spacial score (nSPS) is 12.3. The fourth-order valence-corrected chi connectivity index (χ4v) is 2.29. The summed E-state index contributed by atoms with van der Waals surface area (Å²) in [5.41, 5.74) is 4.15. The molecule has 1 N–H and O–H groups in total.